The number of phenolic OH excluding ortho intramolecular Hbond substituents is 1. The number of carbonyl (C=O) groups excluding carboxylic acids is 1. The molecule has 0 fully saturated rings. The first-order valence-corrected chi connectivity index (χ1v) is 26.8. The van der Waals surface area contributed by atoms with Crippen molar-refractivity contribution >= 4 is 160 Å². The molecule has 77 heavy (non-hydrogen) atoms. The fourth-order valence-corrected chi connectivity index (χ4v) is 9.66. The van der Waals surface area contributed by atoms with Crippen molar-refractivity contribution in [2.45, 2.75) is 50.3 Å². The fourth-order valence-electron chi connectivity index (χ4n) is 7.78. The van der Waals surface area contributed by atoms with Crippen molar-refractivity contribution in [1.82, 2.24) is 0 Å². The van der Waals surface area contributed by atoms with E-state index in [9.17, 15) is 46.1 Å². The summed E-state index contributed by atoms with van der Waals surface area (Å²) in [6.45, 7) is 7.98. The van der Waals surface area contributed by atoms with Crippen LogP contribution in [-0.4, -0.2) is 105 Å². The predicted octanol–water partition coefficient (Wildman–Crippen LogP) is 12.3. The first-order chi connectivity index (χ1) is 36.3. The summed E-state index contributed by atoms with van der Waals surface area (Å²) in [6.07, 6.45) is 0.772. The molecule has 18 nitrogen and oxygen atoms in total. The van der Waals surface area contributed by atoms with E-state index in [0.29, 0.717) is 75.9 Å². The van der Waals surface area contributed by atoms with Crippen LogP contribution in [0.25, 0.3) is 21.5 Å². The molecule has 392 valence electrons. The Balaban J connectivity index is 0.000000246. The summed E-state index contributed by atoms with van der Waals surface area (Å²) in [7, 11) is -9.12. The van der Waals surface area contributed by atoms with Gasteiger partial charge in [0.25, 0.3) is 26.1 Å². The van der Waals surface area contributed by atoms with Gasteiger partial charge < -0.3 is 30.1 Å². The van der Waals surface area contributed by atoms with Gasteiger partial charge in [0.2, 0.25) is 0 Å². The number of benzene rings is 8. The number of aliphatic imine (C=N–C) groups is 1. The van der Waals surface area contributed by atoms with Crippen LogP contribution < -0.4 is 25.0 Å². The molecule has 0 unspecified atom stereocenters. The summed E-state index contributed by atoms with van der Waals surface area (Å²) < 4.78 is 76.9. The smallest absolute Gasteiger partial charge is 0.871 e. The minimum atomic E-state index is -4.57. The molecular formula is C54H46BaCl2N6O12S2. The molecule has 23 heteroatoms. The molecule has 0 saturated heterocycles. The number of carbonyl (C=O) groups is 1. The van der Waals surface area contributed by atoms with Gasteiger partial charge in [0.1, 0.15) is 22.9 Å². The summed E-state index contributed by atoms with van der Waals surface area (Å²) in [5.41, 5.74) is 1.42. The van der Waals surface area contributed by atoms with Gasteiger partial charge in [-0.3, -0.25) is 18.9 Å². The fraction of sp³-hybridized carbons (Fsp3) is 0.148. The number of nitrogens with zero attached hydrogens (tertiary/aromatic N) is 5. The third-order valence-corrected chi connectivity index (χ3v) is 13.7. The average Bonchev–Trinajstić information content (AvgIpc) is 3.38. The minimum absolute atomic E-state index is 0. The van der Waals surface area contributed by atoms with Crippen molar-refractivity contribution in [2.75, 3.05) is 18.5 Å². The van der Waals surface area contributed by atoms with E-state index in [2.05, 4.69) is 30.8 Å². The monoisotopic (exact) mass is 1240 g/mol. The van der Waals surface area contributed by atoms with Gasteiger partial charge in [-0.25, -0.2) is 0 Å². The number of anilines is 1. The van der Waals surface area contributed by atoms with Gasteiger partial charge in [0, 0.05) is 20.8 Å². The van der Waals surface area contributed by atoms with Gasteiger partial charge in [-0.2, -0.15) is 32.2 Å². The maximum Gasteiger partial charge on any atom is 2.00 e. The Labute approximate surface area is 493 Å². The van der Waals surface area contributed by atoms with E-state index in [1.165, 1.54) is 12.1 Å². The Hall–Kier alpha value is -6.41. The molecule has 0 atom stereocenters. The van der Waals surface area contributed by atoms with E-state index in [4.69, 9.17) is 32.7 Å². The summed E-state index contributed by atoms with van der Waals surface area (Å²) in [6, 6.07) is 34.9. The van der Waals surface area contributed by atoms with Gasteiger partial charge in [-0.1, -0.05) is 116 Å². The number of phenols is 1. The summed E-state index contributed by atoms with van der Waals surface area (Å²) >= 11 is 12.5. The van der Waals surface area contributed by atoms with Crippen LogP contribution >= 0.6 is 23.2 Å². The van der Waals surface area contributed by atoms with E-state index in [-0.39, 0.29) is 98.5 Å². The molecule has 0 aliphatic carbocycles. The van der Waals surface area contributed by atoms with Gasteiger partial charge >= 0.3 is 48.9 Å². The van der Waals surface area contributed by atoms with Crippen molar-refractivity contribution < 1.29 is 55.5 Å². The molecule has 8 rings (SSSR count). The van der Waals surface area contributed by atoms with Crippen LogP contribution in [0.3, 0.4) is 0 Å². The predicted molar refractivity (Wildman–Crippen MR) is 294 cm³/mol. The van der Waals surface area contributed by atoms with Crippen molar-refractivity contribution in [2.24, 2.45) is 25.4 Å². The third kappa shape index (κ3) is 14.2. The standard InChI is InChI=1S/2C27H24ClN3O6S.Ba/c2*1-3-18-21(28)14-17(38(34,35)36)15-23(18)30-31-25-19-10-6-5-9-16(19)13-20(26(25)32)27(33)29-22-11-7-8-12-24(22)37-4-2;/h2*5-15,32H,3-4H2,1-2H3,(H,29,33)(H,34,35,36);/q;;+2/p-2. The molecule has 0 radical (unpaired) electrons. The quantitative estimate of drug-likeness (QED) is 0.0231. The summed E-state index contributed by atoms with van der Waals surface area (Å²) in [4.78, 5) is 16.5. The molecule has 0 heterocycles. The number of fused-ring (bicyclic) bond motifs is 2. The Kier molecular flexibility index (Phi) is 20.4. The normalized spacial score (nSPS) is 11.9. The van der Waals surface area contributed by atoms with Crippen LogP contribution in [0, 0.1) is 0 Å². The second-order valence-corrected chi connectivity index (χ2v) is 19.9. The van der Waals surface area contributed by atoms with E-state index < -0.39 is 53.3 Å². The van der Waals surface area contributed by atoms with E-state index in [1.807, 2.05) is 6.92 Å². The summed E-state index contributed by atoms with van der Waals surface area (Å²) in [5, 5.41) is 59.4. The van der Waals surface area contributed by atoms with Crippen LogP contribution in [-0.2, 0) is 33.1 Å². The van der Waals surface area contributed by atoms with Gasteiger partial charge in [0.05, 0.1) is 51.3 Å². The maximum atomic E-state index is 13.5. The molecule has 0 bridgehead atoms. The molecule has 4 N–H and O–H groups in total. The second kappa shape index (κ2) is 26.3. The van der Waals surface area contributed by atoms with Crippen LogP contribution in [0.2, 0.25) is 10.0 Å². The van der Waals surface area contributed by atoms with Crippen LogP contribution in [0.5, 0.6) is 23.0 Å². The Morgan fingerprint density at radius 1 is 0.597 bits per heavy atom. The van der Waals surface area contributed by atoms with Crippen LogP contribution in [0.15, 0.2) is 169 Å². The third-order valence-electron chi connectivity index (χ3n) is 11.4. The molecule has 8 aromatic carbocycles. The number of halogens is 2. The van der Waals surface area contributed by atoms with Crippen molar-refractivity contribution in [1.29, 1.82) is 0 Å². The zero-order chi connectivity index (χ0) is 54.9. The van der Waals surface area contributed by atoms with Gasteiger partial charge in [-0.05, 0) is 121 Å². The van der Waals surface area contributed by atoms with E-state index in [0.717, 1.165) is 24.3 Å². The number of azo groups is 2. The van der Waals surface area contributed by atoms with Crippen molar-refractivity contribution in [3.05, 3.63) is 166 Å². The largest absolute Gasteiger partial charge is 2.00 e. The summed E-state index contributed by atoms with van der Waals surface area (Å²) in [5.74, 6) is -1.62. The number of hydrogen-bond donors (Lipinski definition) is 4. The number of para-hydroxylation sites is 4. The van der Waals surface area contributed by atoms with E-state index in [1.54, 1.807) is 118 Å². The van der Waals surface area contributed by atoms with Crippen molar-refractivity contribution in [3.63, 3.8) is 0 Å². The Morgan fingerprint density at radius 2 is 1.05 bits per heavy atom. The molecule has 0 aliphatic rings. The molecule has 0 saturated carbocycles. The average molecular weight is 1240 g/mol. The second-order valence-electron chi connectivity index (χ2n) is 16.2. The molecular weight excluding hydrogens is 1200 g/mol. The van der Waals surface area contributed by atoms with Crippen molar-refractivity contribution in [3.8, 4) is 23.0 Å². The molecule has 0 spiro atoms. The number of nitrogens with one attached hydrogen (secondary N) is 1. The Morgan fingerprint density at radius 3 is 1.58 bits per heavy atom. The van der Waals surface area contributed by atoms with Gasteiger partial charge in [-0.15, -0.1) is 5.11 Å². The zero-order valence-corrected chi connectivity index (χ0v) is 49.1. The molecule has 8 aromatic rings. The van der Waals surface area contributed by atoms with E-state index >= 15 is 0 Å². The molecule has 0 aromatic heterocycles. The number of ether oxygens (including phenoxy) is 2. The number of aromatic hydroxyl groups is 1. The number of hydrogen-bond acceptors (Lipinski definition) is 15. The maximum absolute atomic E-state index is 13.5. The number of amides is 1. The van der Waals surface area contributed by atoms with Gasteiger partial charge in [0.15, 0.2) is 5.75 Å². The van der Waals surface area contributed by atoms with Crippen LogP contribution in [0.1, 0.15) is 54.7 Å². The first kappa shape index (κ1) is 59.8. The molecule has 1 amide bonds. The zero-order valence-electron chi connectivity index (χ0n) is 41.6. The Bertz CT molecular complexity index is 3860. The topological polar surface area (TPSA) is 284 Å². The first-order valence-electron chi connectivity index (χ1n) is 23.2. The number of rotatable bonds is 16. The van der Waals surface area contributed by atoms with Crippen LogP contribution in [0.4, 0.5) is 34.1 Å². The molecule has 0 aliphatic heterocycles. The SMILES string of the molecule is CCOc1ccccc1N=C([O-])c1cc2ccccc2c(N=Nc2cc(S(=O)(=O)O)cc(Cl)c2CC)c1[O-].CCOc1ccccc1NC(=O)c1cc2ccccc2c(N=Nc2cc(S(=O)(=O)O)cc(Cl)c2CC)c1O.[Ba+2]. The minimum Gasteiger partial charge on any atom is -0.871 e.